The zero-order valence-electron chi connectivity index (χ0n) is 8.03. The molecule has 0 aliphatic carbocycles. The quantitative estimate of drug-likeness (QED) is 0.570. The molecule has 0 bridgehead atoms. The molecule has 0 amide bonds. The minimum Gasteiger partial charge on any atom is -0.469 e. The van der Waals surface area contributed by atoms with Crippen molar-refractivity contribution >= 4 is 11.9 Å². The first-order valence-electron chi connectivity index (χ1n) is 3.79. The monoisotopic (exact) mass is 190 g/mol. The number of carbonyl (C=O) groups is 2. The van der Waals surface area contributed by atoms with Crippen LogP contribution in [0.15, 0.2) is 0 Å². The molecule has 0 aromatic heterocycles. The van der Waals surface area contributed by atoms with Gasteiger partial charge in [0.05, 0.1) is 33.2 Å². The lowest BCUT2D eigenvalue weighted by Gasteiger charge is -2.11. The number of hydrogen-bond donors (Lipinski definition) is 0. The van der Waals surface area contributed by atoms with Gasteiger partial charge in [0, 0.05) is 7.11 Å². The van der Waals surface area contributed by atoms with Crippen molar-refractivity contribution in [2.24, 2.45) is 5.92 Å². The van der Waals surface area contributed by atoms with Gasteiger partial charge in [0.15, 0.2) is 0 Å². The molecule has 0 spiro atoms. The topological polar surface area (TPSA) is 61.8 Å². The highest BCUT2D eigenvalue weighted by atomic mass is 16.5. The van der Waals surface area contributed by atoms with Crippen molar-refractivity contribution in [1.82, 2.24) is 0 Å². The summed E-state index contributed by atoms with van der Waals surface area (Å²) in [6.07, 6.45) is -0.0169. The normalized spacial score (nSPS) is 11.9. The highest BCUT2D eigenvalue weighted by molar-refractivity contribution is 5.79. The van der Waals surface area contributed by atoms with Crippen LogP contribution in [0.3, 0.4) is 0 Å². The Balaban J connectivity index is 4.08. The third kappa shape index (κ3) is 4.47. The first kappa shape index (κ1) is 11.9. The molecule has 0 unspecified atom stereocenters. The van der Waals surface area contributed by atoms with Crippen molar-refractivity contribution in [2.75, 3.05) is 27.9 Å². The molecule has 0 fully saturated rings. The minimum absolute atomic E-state index is 0.0169. The summed E-state index contributed by atoms with van der Waals surface area (Å²) in [6.45, 7) is 0.155. The molecule has 0 N–H and O–H groups in total. The standard InChI is InChI=1S/C8H14O5/c1-11-5-6(8(10)13-3)4-7(9)12-2/h6H,4-5H2,1-3H3/t6-/m1/s1. The number of rotatable bonds is 5. The highest BCUT2D eigenvalue weighted by Gasteiger charge is 2.22. The van der Waals surface area contributed by atoms with Crippen molar-refractivity contribution in [1.29, 1.82) is 0 Å². The molecule has 0 aromatic rings. The molecule has 0 aromatic carbocycles. The summed E-state index contributed by atoms with van der Waals surface area (Å²) in [5, 5.41) is 0. The van der Waals surface area contributed by atoms with Gasteiger partial charge in [0.2, 0.25) is 0 Å². The van der Waals surface area contributed by atoms with E-state index < -0.39 is 17.9 Å². The van der Waals surface area contributed by atoms with Crippen LogP contribution in [0, 0.1) is 5.92 Å². The highest BCUT2D eigenvalue weighted by Crippen LogP contribution is 2.06. The molecule has 0 saturated heterocycles. The first-order chi connectivity index (χ1) is 6.15. The van der Waals surface area contributed by atoms with Gasteiger partial charge in [-0.25, -0.2) is 0 Å². The largest absolute Gasteiger partial charge is 0.469 e. The molecule has 0 aliphatic heterocycles. The first-order valence-corrected chi connectivity index (χ1v) is 3.79. The predicted molar refractivity (Wildman–Crippen MR) is 44.0 cm³/mol. The SMILES string of the molecule is COC[C@@H](CC(=O)OC)C(=O)OC. The molecule has 5 heteroatoms. The van der Waals surface area contributed by atoms with E-state index in [1.54, 1.807) is 0 Å². The second kappa shape index (κ2) is 6.42. The molecular weight excluding hydrogens is 176 g/mol. The van der Waals surface area contributed by atoms with Crippen LogP contribution >= 0.6 is 0 Å². The Bertz CT molecular complexity index is 177. The van der Waals surface area contributed by atoms with E-state index in [1.165, 1.54) is 21.3 Å². The zero-order valence-corrected chi connectivity index (χ0v) is 8.03. The van der Waals surface area contributed by atoms with Gasteiger partial charge in [0.1, 0.15) is 0 Å². The van der Waals surface area contributed by atoms with Crippen LogP contribution < -0.4 is 0 Å². The molecular formula is C8H14O5. The lowest BCUT2D eigenvalue weighted by atomic mass is 10.1. The third-order valence-electron chi connectivity index (χ3n) is 1.54. The molecule has 1 atom stereocenters. The number of esters is 2. The maximum atomic E-state index is 11.0. The Morgan fingerprint density at radius 2 is 1.77 bits per heavy atom. The van der Waals surface area contributed by atoms with Crippen molar-refractivity contribution in [3.63, 3.8) is 0 Å². The van der Waals surface area contributed by atoms with E-state index in [0.717, 1.165) is 0 Å². The van der Waals surface area contributed by atoms with Gasteiger partial charge in [-0.3, -0.25) is 9.59 Å². The number of hydrogen-bond acceptors (Lipinski definition) is 5. The summed E-state index contributed by atoms with van der Waals surface area (Å²) in [6, 6.07) is 0. The van der Waals surface area contributed by atoms with E-state index in [1.807, 2.05) is 0 Å². The van der Waals surface area contributed by atoms with Crippen LogP contribution in [0.2, 0.25) is 0 Å². The molecule has 5 nitrogen and oxygen atoms in total. The van der Waals surface area contributed by atoms with E-state index in [4.69, 9.17) is 4.74 Å². The maximum Gasteiger partial charge on any atom is 0.311 e. The lowest BCUT2D eigenvalue weighted by molar-refractivity contribution is -0.153. The number of carbonyl (C=O) groups excluding carboxylic acids is 2. The van der Waals surface area contributed by atoms with E-state index in [0.29, 0.717) is 0 Å². The molecule has 0 saturated carbocycles. The molecule has 0 radical (unpaired) electrons. The Labute approximate surface area is 77.0 Å². The Hall–Kier alpha value is -1.10. The van der Waals surface area contributed by atoms with Gasteiger partial charge in [0.25, 0.3) is 0 Å². The summed E-state index contributed by atoms with van der Waals surface area (Å²) in [7, 11) is 3.99. The average Bonchev–Trinajstić information content (AvgIpc) is 2.15. The van der Waals surface area contributed by atoms with E-state index in [9.17, 15) is 9.59 Å². The van der Waals surface area contributed by atoms with Gasteiger partial charge >= 0.3 is 11.9 Å². The summed E-state index contributed by atoms with van der Waals surface area (Å²) in [5.74, 6) is -1.50. The summed E-state index contributed by atoms with van der Waals surface area (Å²) >= 11 is 0. The van der Waals surface area contributed by atoms with Crippen LogP contribution in [0.4, 0.5) is 0 Å². The number of methoxy groups -OCH3 is 3. The van der Waals surface area contributed by atoms with Crippen molar-refractivity contribution < 1.29 is 23.8 Å². The van der Waals surface area contributed by atoms with Crippen LogP contribution in [0.25, 0.3) is 0 Å². The van der Waals surface area contributed by atoms with Gasteiger partial charge in [-0.1, -0.05) is 0 Å². The molecule has 0 heterocycles. The molecule has 13 heavy (non-hydrogen) atoms. The van der Waals surface area contributed by atoms with Gasteiger partial charge < -0.3 is 14.2 Å². The van der Waals surface area contributed by atoms with Gasteiger partial charge in [-0.05, 0) is 0 Å². The van der Waals surface area contributed by atoms with Crippen LogP contribution in [0.5, 0.6) is 0 Å². The predicted octanol–water partition coefficient (Wildman–Crippen LogP) is -0.0149. The fourth-order valence-corrected chi connectivity index (χ4v) is 0.863. The van der Waals surface area contributed by atoms with E-state index in [-0.39, 0.29) is 13.0 Å². The lowest BCUT2D eigenvalue weighted by Crippen LogP contribution is -2.24. The van der Waals surface area contributed by atoms with Crippen LogP contribution in [-0.2, 0) is 23.8 Å². The van der Waals surface area contributed by atoms with Crippen molar-refractivity contribution in [3.05, 3.63) is 0 Å². The average molecular weight is 190 g/mol. The van der Waals surface area contributed by atoms with E-state index >= 15 is 0 Å². The van der Waals surface area contributed by atoms with E-state index in [2.05, 4.69) is 9.47 Å². The second-order valence-electron chi connectivity index (χ2n) is 2.46. The summed E-state index contributed by atoms with van der Waals surface area (Å²) in [5.41, 5.74) is 0. The summed E-state index contributed by atoms with van der Waals surface area (Å²) < 4.78 is 13.7. The smallest absolute Gasteiger partial charge is 0.311 e. The summed E-state index contributed by atoms with van der Waals surface area (Å²) in [4.78, 5) is 21.9. The Morgan fingerprint density at radius 3 is 2.15 bits per heavy atom. The maximum absolute atomic E-state index is 11.0. The third-order valence-corrected chi connectivity index (χ3v) is 1.54. The second-order valence-corrected chi connectivity index (χ2v) is 2.46. The van der Waals surface area contributed by atoms with Crippen LogP contribution in [0.1, 0.15) is 6.42 Å². The zero-order chi connectivity index (χ0) is 10.3. The fraction of sp³-hybridized carbons (Fsp3) is 0.750. The van der Waals surface area contributed by atoms with Crippen molar-refractivity contribution in [2.45, 2.75) is 6.42 Å². The van der Waals surface area contributed by atoms with Gasteiger partial charge in [-0.2, -0.15) is 0 Å². The van der Waals surface area contributed by atoms with Gasteiger partial charge in [-0.15, -0.1) is 0 Å². The van der Waals surface area contributed by atoms with Crippen molar-refractivity contribution in [3.8, 4) is 0 Å². The number of ether oxygens (including phenoxy) is 3. The molecule has 0 aliphatic rings. The van der Waals surface area contributed by atoms with Crippen LogP contribution in [-0.4, -0.2) is 39.9 Å². The minimum atomic E-state index is -0.581. The molecule has 0 rings (SSSR count). The Kier molecular flexibility index (Phi) is 5.88. The Morgan fingerprint density at radius 1 is 1.15 bits per heavy atom. The fourth-order valence-electron chi connectivity index (χ4n) is 0.863. The molecule has 76 valence electrons.